The van der Waals surface area contributed by atoms with Crippen molar-refractivity contribution < 1.29 is 27.9 Å². The van der Waals surface area contributed by atoms with Gasteiger partial charge in [0.25, 0.3) is 5.91 Å². The zero-order chi connectivity index (χ0) is 26.0. The molecule has 0 unspecified atom stereocenters. The number of hydroxylamine groups is 1. The van der Waals surface area contributed by atoms with E-state index in [1.54, 1.807) is 42.1 Å². The van der Waals surface area contributed by atoms with E-state index in [1.807, 2.05) is 6.92 Å². The molecule has 1 heterocycles. The molecule has 1 fully saturated rings. The van der Waals surface area contributed by atoms with Crippen LogP contribution in [0.2, 0.25) is 0 Å². The molecule has 1 aromatic carbocycles. The van der Waals surface area contributed by atoms with Crippen LogP contribution in [-0.2, 0) is 26.1 Å². The van der Waals surface area contributed by atoms with Crippen LogP contribution in [0.1, 0.15) is 57.9 Å². The van der Waals surface area contributed by atoms with E-state index >= 15 is 0 Å². The zero-order valence-corrected chi connectivity index (χ0v) is 21.8. The van der Waals surface area contributed by atoms with Gasteiger partial charge < -0.3 is 9.47 Å². The van der Waals surface area contributed by atoms with Crippen LogP contribution >= 0.6 is 0 Å². The van der Waals surface area contributed by atoms with Crippen molar-refractivity contribution in [2.24, 2.45) is 5.92 Å². The fourth-order valence-corrected chi connectivity index (χ4v) is 6.20. The molecule has 0 radical (unpaired) electrons. The normalized spacial score (nSPS) is 19.1. The summed E-state index contributed by atoms with van der Waals surface area (Å²) < 4.78 is 40.6. The van der Waals surface area contributed by atoms with Crippen molar-refractivity contribution in [2.75, 3.05) is 13.2 Å². The van der Waals surface area contributed by atoms with Gasteiger partial charge in [-0.2, -0.15) is 4.31 Å². The summed E-state index contributed by atoms with van der Waals surface area (Å²) in [5.74, 6) is -0.442. The Bertz CT molecular complexity index is 1040. The number of aromatic nitrogens is 1. The number of hydrogen-bond acceptors (Lipinski definition) is 7. The Morgan fingerprint density at radius 1 is 1.06 bits per heavy atom. The number of nitrogens with zero attached hydrogens (tertiary/aromatic N) is 2. The predicted octanol–water partition coefficient (Wildman–Crippen LogP) is 3.92. The minimum atomic E-state index is -4.11. The number of hydrogen-bond donors (Lipinski definition) is 2. The largest absolute Gasteiger partial charge is 0.494 e. The molecular weight excluding hydrogens is 482 g/mol. The SMILES string of the molecule is CCCOc1ccc(S(=O)(=O)N(Cc2ccncc2)[C@@H](C(=O)NO)C2CCC(OCCC)CC2)cc1. The lowest BCUT2D eigenvalue weighted by molar-refractivity contribution is -0.136. The fourth-order valence-electron chi connectivity index (χ4n) is 4.57. The molecule has 10 heteroatoms. The van der Waals surface area contributed by atoms with Crippen molar-refractivity contribution >= 4 is 15.9 Å². The van der Waals surface area contributed by atoms with Gasteiger partial charge in [-0.1, -0.05) is 13.8 Å². The van der Waals surface area contributed by atoms with Gasteiger partial charge in [0.2, 0.25) is 10.0 Å². The summed E-state index contributed by atoms with van der Waals surface area (Å²) >= 11 is 0. The van der Waals surface area contributed by atoms with Crippen molar-refractivity contribution in [3.8, 4) is 5.75 Å². The maximum absolute atomic E-state index is 14.0. The Morgan fingerprint density at radius 3 is 2.28 bits per heavy atom. The van der Waals surface area contributed by atoms with Gasteiger partial charge in [0.1, 0.15) is 11.8 Å². The molecule has 2 N–H and O–H groups in total. The standard InChI is InChI=1S/C26H37N3O6S/c1-3-17-34-22-7-5-21(6-8-22)25(26(30)28-31)29(19-20-13-15-27-16-14-20)36(32,33)24-11-9-23(10-12-24)35-18-4-2/h9-16,21-22,25,31H,3-8,17-19H2,1-2H3,(H,28,30)/t21?,22?,25-/m1/s1. The summed E-state index contributed by atoms with van der Waals surface area (Å²) in [7, 11) is -4.11. The first-order valence-corrected chi connectivity index (χ1v) is 14.0. The third-order valence-electron chi connectivity index (χ3n) is 6.40. The third kappa shape index (κ3) is 7.25. The molecular formula is C26H37N3O6S. The van der Waals surface area contributed by atoms with Crippen LogP contribution in [-0.4, -0.2) is 54.2 Å². The van der Waals surface area contributed by atoms with Gasteiger partial charge in [0.15, 0.2) is 0 Å². The Labute approximate surface area is 213 Å². The smallest absolute Gasteiger partial charge is 0.262 e. The Morgan fingerprint density at radius 2 is 1.69 bits per heavy atom. The first kappa shape index (κ1) is 28.0. The van der Waals surface area contributed by atoms with Gasteiger partial charge in [0, 0.05) is 25.5 Å². The molecule has 0 spiro atoms. The first-order chi connectivity index (χ1) is 17.4. The van der Waals surface area contributed by atoms with Gasteiger partial charge in [0.05, 0.1) is 17.6 Å². The van der Waals surface area contributed by atoms with E-state index in [2.05, 4.69) is 11.9 Å². The molecule has 198 valence electrons. The minimum absolute atomic E-state index is 0.0384. The maximum atomic E-state index is 14.0. The van der Waals surface area contributed by atoms with Crippen molar-refractivity contribution in [2.45, 2.75) is 76.0 Å². The number of amides is 1. The second kappa shape index (κ2) is 13.7. The second-order valence-electron chi connectivity index (χ2n) is 9.05. The molecule has 0 bridgehead atoms. The van der Waals surface area contributed by atoms with Gasteiger partial charge in [-0.3, -0.25) is 15.0 Å². The van der Waals surface area contributed by atoms with Crippen molar-refractivity contribution in [3.63, 3.8) is 0 Å². The lowest BCUT2D eigenvalue weighted by Crippen LogP contribution is -2.53. The molecule has 1 aliphatic rings. The van der Waals surface area contributed by atoms with Crippen LogP contribution < -0.4 is 10.2 Å². The van der Waals surface area contributed by atoms with Crippen LogP contribution in [0.5, 0.6) is 5.75 Å². The van der Waals surface area contributed by atoms with E-state index < -0.39 is 22.0 Å². The van der Waals surface area contributed by atoms with E-state index in [9.17, 15) is 18.4 Å². The topological polar surface area (TPSA) is 118 Å². The molecule has 36 heavy (non-hydrogen) atoms. The Hall–Kier alpha value is -2.53. The number of pyridine rings is 1. The summed E-state index contributed by atoms with van der Waals surface area (Å²) in [4.78, 5) is 17.1. The molecule has 1 atom stereocenters. The summed E-state index contributed by atoms with van der Waals surface area (Å²) in [5.41, 5.74) is 2.41. The van der Waals surface area contributed by atoms with Gasteiger partial charge in [-0.05, 0) is 86.4 Å². The molecule has 1 aromatic heterocycles. The molecule has 1 aliphatic carbocycles. The first-order valence-electron chi connectivity index (χ1n) is 12.6. The van der Waals surface area contributed by atoms with Crippen LogP contribution in [0, 0.1) is 5.92 Å². The number of ether oxygens (including phenoxy) is 2. The number of rotatable bonds is 13. The molecule has 2 aromatic rings. The molecule has 1 saturated carbocycles. The lowest BCUT2D eigenvalue weighted by Gasteiger charge is -2.38. The summed E-state index contributed by atoms with van der Waals surface area (Å²) in [6.07, 6.45) is 7.70. The Kier molecular flexibility index (Phi) is 10.7. The second-order valence-corrected chi connectivity index (χ2v) is 10.9. The number of benzene rings is 1. The molecule has 0 saturated heterocycles. The summed E-state index contributed by atoms with van der Waals surface area (Å²) in [6.45, 7) is 5.21. The molecule has 9 nitrogen and oxygen atoms in total. The molecule has 1 amide bonds. The molecule has 3 rings (SSSR count). The highest BCUT2D eigenvalue weighted by molar-refractivity contribution is 7.89. The summed E-state index contributed by atoms with van der Waals surface area (Å²) in [6, 6.07) is 8.55. The third-order valence-corrected chi connectivity index (χ3v) is 8.24. The highest BCUT2D eigenvalue weighted by Crippen LogP contribution is 2.34. The van der Waals surface area contributed by atoms with Crippen LogP contribution in [0.4, 0.5) is 0 Å². The van der Waals surface area contributed by atoms with Gasteiger partial charge >= 0.3 is 0 Å². The zero-order valence-electron chi connectivity index (χ0n) is 21.0. The van der Waals surface area contributed by atoms with Crippen molar-refractivity contribution in [1.29, 1.82) is 0 Å². The van der Waals surface area contributed by atoms with E-state index in [4.69, 9.17) is 9.47 Å². The predicted molar refractivity (Wildman–Crippen MR) is 135 cm³/mol. The Balaban J connectivity index is 1.94. The average molecular weight is 520 g/mol. The van der Waals surface area contributed by atoms with E-state index in [0.29, 0.717) is 37.4 Å². The average Bonchev–Trinajstić information content (AvgIpc) is 2.91. The van der Waals surface area contributed by atoms with E-state index in [-0.39, 0.29) is 23.5 Å². The number of carbonyl (C=O) groups excluding carboxylic acids is 1. The number of sulfonamides is 1. The highest BCUT2D eigenvalue weighted by atomic mass is 32.2. The number of nitrogens with one attached hydrogen (secondary N) is 1. The van der Waals surface area contributed by atoms with Crippen LogP contribution in [0.3, 0.4) is 0 Å². The van der Waals surface area contributed by atoms with Gasteiger partial charge in [-0.25, -0.2) is 13.9 Å². The van der Waals surface area contributed by atoms with E-state index in [1.165, 1.54) is 16.4 Å². The highest BCUT2D eigenvalue weighted by Gasteiger charge is 2.42. The van der Waals surface area contributed by atoms with Gasteiger partial charge in [-0.15, -0.1) is 0 Å². The maximum Gasteiger partial charge on any atom is 0.262 e. The lowest BCUT2D eigenvalue weighted by atomic mass is 9.82. The van der Waals surface area contributed by atoms with Crippen LogP contribution in [0.25, 0.3) is 0 Å². The van der Waals surface area contributed by atoms with E-state index in [0.717, 1.165) is 25.7 Å². The number of carbonyl (C=O) groups is 1. The molecule has 0 aliphatic heterocycles. The minimum Gasteiger partial charge on any atom is -0.494 e. The quantitative estimate of drug-likeness (QED) is 0.304. The van der Waals surface area contributed by atoms with Crippen LogP contribution in [0.15, 0.2) is 53.7 Å². The monoisotopic (exact) mass is 519 g/mol. The van der Waals surface area contributed by atoms with Crippen molar-refractivity contribution in [3.05, 3.63) is 54.4 Å². The summed E-state index contributed by atoms with van der Waals surface area (Å²) in [5, 5.41) is 9.60. The van der Waals surface area contributed by atoms with Crippen molar-refractivity contribution in [1.82, 2.24) is 14.8 Å². The fraction of sp³-hybridized carbons (Fsp3) is 0.538.